The Bertz CT molecular complexity index is 2370. The third-order valence-corrected chi connectivity index (χ3v) is 10.5. The molecule has 1 aromatic heterocycles. The van der Waals surface area contributed by atoms with Crippen LogP contribution in [0.3, 0.4) is 0 Å². The van der Waals surface area contributed by atoms with Gasteiger partial charge in [-0.15, -0.1) is 0 Å². The fourth-order valence-corrected chi connectivity index (χ4v) is 8.10. The second kappa shape index (κ2) is 9.98. The van der Waals surface area contributed by atoms with Gasteiger partial charge in [-0.25, -0.2) is 9.97 Å². The molecule has 9 rings (SSSR count). The summed E-state index contributed by atoms with van der Waals surface area (Å²) in [5.74, 6) is 0.659. The van der Waals surface area contributed by atoms with E-state index in [9.17, 15) is 0 Å². The highest BCUT2D eigenvalue weighted by Crippen LogP contribution is 2.55. The average Bonchev–Trinajstić information content (AvgIpc) is 3.48. The lowest BCUT2D eigenvalue weighted by Crippen LogP contribution is -2.19. The quantitative estimate of drug-likeness (QED) is 0.200. The Morgan fingerprint density at radius 1 is 0.489 bits per heavy atom. The van der Waals surface area contributed by atoms with Gasteiger partial charge in [0.05, 0.1) is 16.9 Å². The lowest BCUT2D eigenvalue weighted by atomic mass is 9.82. The van der Waals surface area contributed by atoms with Gasteiger partial charge in [0.2, 0.25) is 5.95 Å². The lowest BCUT2D eigenvalue weighted by molar-refractivity contribution is 0.660. The summed E-state index contributed by atoms with van der Waals surface area (Å²) < 4.78 is 0. The molecule has 3 nitrogen and oxygen atoms in total. The average molecular weight is 606 g/mol. The molecule has 0 saturated carbocycles. The second-order valence-corrected chi connectivity index (χ2v) is 13.9. The second-order valence-electron chi connectivity index (χ2n) is 13.9. The molecule has 0 fully saturated rings. The number of nitrogens with zero attached hydrogens (tertiary/aromatic N) is 3. The van der Waals surface area contributed by atoms with Gasteiger partial charge in [0, 0.05) is 33.0 Å². The van der Waals surface area contributed by atoms with Crippen molar-refractivity contribution in [3.63, 3.8) is 0 Å². The molecular weight excluding hydrogens is 571 g/mol. The van der Waals surface area contributed by atoms with Crippen LogP contribution < -0.4 is 4.90 Å². The van der Waals surface area contributed by atoms with Crippen molar-refractivity contribution in [2.45, 2.75) is 38.5 Å². The Labute approximate surface area is 276 Å². The number of rotatable bonds is 4. The Morgan fingerprint density at radius 2 is 1.11 bits per heavy atom. The van der Waals surface area contributed by atoms with Crippen LogP contribution in [0.4, 0.5) is 17.3 Å². The first-order chi connectivity index (χ1) is 22.8. The van der Waals surface area contributed by atoms with Crippen LogP contribution in [0.2, 0.25) is 0 Å². The van der Waals surface area contributed by atoms with Gasteiger partial charge in [-0.05, 0) is 63.2 Å². The standard InChI is InChI=1S/C44H35N3/c1-43(2)35-21-12-9-18-32(35)40-36(43)22-14-24-39(40)47(29-25-26-31-30-17-8-11-20-34(30)44(3,4)37(31)27-29)42-45-38-23-13-10-19-33(38)41(46-42)28-15-6-5-7-16-28/h5-27H,1-4H3. The lowest BCUT2D eigenvalue weighted by Gasteiger charge is -2.29. The maximum atomic E-state index is 5.43. The van der Waals surface area contributed by atoms with Gasteiger partial charge in [-0.1, -0.05) is 143 Å². The molecule has 0 saturated heterocycles. The highest BCUT2D eigenvalue weighted by molar-refractivity contribution is 5.98. The van der Waals surface area contributed by atoms with Gasteiger partial charge in [-0.3, -0.25) is 4.90 Å². The van der Waals surface area contributed by atoms with Crippen LogP contribution in [0.15, 0.2) is 140 Å². The molecule has 3 heteroatoms. The van der Waals surface area contributed by atoms with Crippen LogP contribution in [-0.4, -0.2) is 9.97 Å². The van der Waals surface area contributed by atoms with E-state index in [1.165, 1.54) is 44.5 Å². The number of aromatic nitrogens is 2. The molecular formula is C44H35N3. The first-order valence-corrected chi connectivity index (χ1v) is 16.4. The van der Waals surface area contributed by atoms with E-state index < -0.39 is 0 Å². The number of anilines is 3. The molecule has 0 spiro atoms. The molecule has 0 N–H and O–H groups in total. The van der Waals surface area contributed by atoms with Crippen molar-refractivity contribution < 1.29 is 0 Å². The van der Waals surface area contributed by atoms with E-state index in [0.717, 1.165) is 33.5 Å². The summed E-state index contributed by atoms with van der Waals surface area (Å²) in [6, 6.07) is 50.2. The maximum absolute atomic E-state index is 5.43. The van der Waals surface area contributed by atoms with Crippen LogP contribution in [-0.2, 0) is 10.8 Å². The number of para-hydroxylation sites is 1. The molecule has 0 aliphatic heterocycles. The Hall–Kier alpha value is -5.54. The molecule has 0 unspecified atom stereocenters. The molecule has 2 aliphatic carbocycles. The first-order valence-electron chi connectivity index (χ1n) is 16.4. The zero-order valence-electron chi connectivity index (χ0n) is 27.1. The van der Waals surface area contributed by atoms with Crippen molar-refractivity contribution in [3.05, 3.63) is 162 Å². The minimum absolute atomic E-state index is 0.130. The van der Waals surface area contributed by atoms with Gasteiger partial charge in [0.25, 0.3) is 0 Å². The summed E-state index contributed by atoms with van der Waals surface area (Å²) in [4.78, 5) is 13.0. The van der Waals surface area contributed by atoms with E-state index in [1.807, 2.05) is 0 Å². The summed E-state index contributed by atoms with van der Waals surface area (Å²) in [5.41, 5.74) is 15.3. The number of hydrogen-bond donors (Lipinski definition) is 0. The molecule has 47 heavy (non-hydrogen) atoms. The van der Waals surface area contributed by atoms with Crippen LogP contribution in [0, 0.1) is 0 Å². The predicted octanol–water partition coefficient (Wildman–Crippen LogP) is 11.4. The molecule has 0 amide bonds. The number of benzene rings is 6. The third-order valence-electron chi connectivity index (χ3n) is 10.5. The van der Waals surface area contributed by atoms with Crippen molar-refractivity contribution in [3.8, 4) is 33.5 Å². The van der Waals surface area contributed by atoms with Crippen molar-refractivity contribution in [2.75, 3.05) is 4.90 Å². The van der Waals surface area contributed by atoms with Gasteiger partial charge in [-0.2, -0.15) is 0 Å². The van der Waals surface area contributed by atoms with Crippen molar-refractivity contribution in [1.82, 2.24) is 9.97 Å². The Morgan fingerprint density at radius 3 is 1.91 bits per heavy atom. The van der Waals surface area contributed by atoms with Crippen LogP contribution >= 0.6 is 0 Å². The number of fused-ring (bicyclic) bond motifs is 7. The molecule has 7 aromatic rings. The zero-order chi connectivity index (χ0) is 31.9. The van der Waals surface area contributed by atoms with Crippen LogP contribution in [0.1, 0.15) is 49.9 Å². The molecule has 226 valence electrons. The van der Waals surface area contributed by atoms with E-state index in [-0.39, 0.29) is 10.8 Å². The molecule has 0 bridgehead atoms. The van der Waals surface area contributed by atoms with E-state index in [4.69, 9.17) is 9.97 Å². The van der Waals surface area contributed by atoms with E-state index in [1.54, 1.807) is 0 Å². The van der Waals surface area contributed by atoms with E-state index in [2.05, 4.69) is 172 Å². The molecule has 2 aliphatic rings. The zero-order valence-corrected chi connectivity index (χ0v) is 27.1. The van der Waals surface area contributed by atoms with E-state index in [0.29, 0.717) is 5.95 Å². The highest BCUT2D eigenvalue weighted by atomic mass is 15.3. The topological polar surface area (TPSA) is 29.0 Å². The van der Waals surface area contributed by atoms with Gasteiger partial charge in [0.1, 0.15) is 0 Å². The normalized spacial score (nSPS) is 14.7. The molecule has 1 heterocycles. The minimum Gasteiger partial charge on any atom is -0.278 e. The monoisotopic (exact) mass is 605 g/mol. The summed E-state index contributed by atoms with van der Waals surface area (Å²) in [7, 11) is 0. The third kappa shape index (κ3) is 3.99. The SMILES string of the molecule is CC1(C)c2ccccc2-c2ccc(N(c3nc(-c4ccccc4)c4ccccc4n3)c3cccc4c3-c3ccccc3C4(C)C)cc21. The van der Waals surface area contributed by atoms with Crippen molar-refractivity contribution in [1.29, 1.82) is 0 Å². The fourth-order valence-electron chi connectivity index (χ4n) is 8.10. The summed E-state index contributed by atoms with van der Waals surface area (Å²) in [6.07, 6.45) is 0. The minimum atomic E-state index is -0.139. The Balaban J connectivity index is 1.35. The van der Waals surface area contributed by atoms with Gasteiger partial charge >= 0.3 is 0 Å². The largest absolute Gasteiger partial charge is 0.278 e. The fraction of sp³-hybridized carbons (Fsp3) is 0.136. The van der Waals surface area contributed by atoms with Gasteiger partial charge in [0.15, 0.2) is 0 Å². The Kier molecular flexibility index (Phi) is 5.89. The highest BCUT2D eigenvalue weighted by Gasteiger charge is 2.39. The molecule has 6 aromatic carbocycles. The smallest absolute Gasteiger partial charge is 0.235 e. The molecule has 0 atom stereocenters. The van der Waals surface area contributed by atoms with Gasteiger partial charge < -0.3 is 0 Å². The summed E-state index contributed by atoms with van der Waals surface area (Å²) in [5, 5.41) is 1.04. The van der Waals surface area contributed by atoms with Crippen LogP contribution in [0.5, 0.6) is 0 Å². The van der Waals surface area contributed by atoms with Crippen molar-refractivity contribution in [2.24, 2.45) is 0 Å². The van der Waals surface area contributed by atoms with Crippen LogP contribution in [0.25, 0.3) is 44.4 Å². The maximum Gasteiger partial charge on any atom is 0.235 e. The van der Waals surface area contributed by atoms with Crippen molar-refractivity contribution >= 4 is 28.2 Å². The summed E-state index contributed by atoms with van der Waals surface area (Å²) >= 11 is 0. The predicted molar refractivity (Wildman–Crippen MR) is 195 cm³/mol. The molecule has 0 radical (unpaired) electrons. The number of hydrogen-bond acceptors (Lipinski definition) is 3. The van der Waals surface area contributed by atoms with E-state index >= 15 is 0 Å². The first kappa shape index (κ1) is 27.7. The summed E-state index contributed by atoms with van der Waals surface area (Å²) in [6.45, 7) is 9.34.